The van der Waals surface area contributed by atoms with E-state index in [-0.39, 0.29) is 6.17 Å². The molecular formula is C9H16N2O. The molecule has 0 aromatic carbocycles. The quantitative estimate of drug-likeness (QED) is 0.681. The van der Waals surface area contributed by atoms with Crippen LogP contribution in [-0.2, 0) is 4.84 Å². The van der Waals surface area contributed by atoms with Crippen molar-refractivity contribution in [3.05, 3.63) is 0 Å². The first-order chi connectivity index (χ1) is 5.77. The Labute approximate surface area is 73.2 Å². The number of nitrogens with one attached hydrogen (secondary N) is 1. The summed E-state index contributed by atoms with van der Waals surface area (Å²) in [5, 5.41) is 0. The molecule has 0 aromatic heterocycles. The van der Waals surface area contributed by atoms with Crippen molar-refractivity contribution in [2.75, 3.05) is 0 Å². The summed E-state index contributed by atoms with van der Waals surface area (Å²) in [4.78, 5) is 9.82. The Bertz CT molecular complexity index is 197. The van der Waals surface area contributed by atoms with Gasteiger partial charge in [-0.25, -0.2) is 4.99 Å². The second-order valence-electron chi connectivity index (χ2n) is 4.00. The van der Waals surface area contributed by atoms with Crippen molar-refractivity contribution in [3.8, 4) is 0 Å². The lowest BCUT2D eigenvalue weighted by molar-refractivity contribution is 0.142. The normalized spacial score (nSPS) is 29.9. The van der Waals surface area contributed by atoms with Crippen LogP contribution < -0.4 is 5.48 Å². The molecule has 1 aliphatic heterocycles. The highest BCUT2D eigenvalue weighted by atomic mass is 16.7. The first-order valence-corrected chi connectivity index (χ1v) is 4.77. The average Bonchev–Trinajstić information content (AvgIpc) is 2.32. The summed E-state index contributed by atoms with van der Waals surface area (Å²) in [5.74, 6) is 2.07. The molecule has 2 rings (SSSR count). The van der Waals surface area contributed by atoms with Crippen LogP contribution >= 0.6 is 0 Å². The van der Waals surface area contributed by atoms with E-state index in [0.717, 1.165) is 5.90 Å². The molecule has 1 aliphatic carbocycles. The fraction of sp³-hybridized carbons (Fsp3) is 0.889. The molecule has 1 atom stereocenters. The summed E-state index contributed by atoms with van der Waals surface area (Å²) in [7, 11) is 0. The molecule has 0 bridgehead atoms. The molecule has 3 nitrogen and oxygen atoms in total. The number of hydrogen-bond acceptors (Lipinski definition) is 3. The Morgan fingerprint density at radius 1 is 1.50 bits per heavy atom. The lowest BCUT2D eigenvalue weighted by atomic mass is 9.85. The Morgan fingerprint density at radius 3 is 2.67 bits per heavy atom. The Morgan fingerprint density at radius 2 is 2.25 bits per heavy atom. The van der Waals surface area contributed by atoms with E-state index < -0.39 is 0 Å². The van der Waals surface area contributed by atoms with Crippen molar-refractivity contribution in [1.82, 2.24) is 5.48 Å². The zero-order valence-corrected chi connectivity index (χ0v) is 7.71. The highest BCUT2D eigenvalue weighted by Crippen LogP contribution is 2.30. The fourth-order valence-electron chi connectivity index (χ4n) is 1.44. The maximum Gasteiger partial charge on any atom is 0.214 e. The zero-order valence-electron chi connectivity index (χ0n) is 7.71. The van der Waals surface area contributed by atoms with E-state index in [1.807, 2.05) is 0 Å². The van der Waals surface area contributed by atoms with E-state index in [4.69, 9.17) is 4.84 Å². The largest absolute Gasteiger partial charge is 0.391 e. The van der Waals surface area contributed by atoms with Crippen molar-refractivity contribution in [1.29, 1.82) is 0 Å². The molecule has 1 unspecified atom stereocenters. The van der Waals surface area contributed by atoms with Gasteiger partial charge in [-0.1, -0.05) is 20.3 Å². The Hall–Kier alpha value is -0.570. The standard InChI is InChI=1S/C9H16N2O/c1-6(2)8-10-9(12-11-8)7-4-3-5-7/h6-8,11H,3-5H2,1-2H3. The maximum atomic E-state index is 5.33. The van der Waals surface area contributed by atoms with Crippen LogP contribution in [0.5, 0.6) is 0 Å². The lowest BCUT2D eigenvalue weighted by Crippen LogP contribution is -2.28. The van der Waals surface area contributed by atoms with Crippen LogP contribution in [0.25, 0.3) is 0 Å². The van der Waals surface area contributed by atoms with E-state index in [1.54, 1.807) is 0 Å². The number of rotatable bonds is 2. The molecule has 1 N–H and O–H groups in total. The maximum absolute atomic E-state index is 5.33. The summed E-state index contributed by atoms with van der Waals surface area (Å²) in [6, 6.07) is 0. The van der Waals surface area contributed by atoms with Crippen molar-refractivity contribution in [2.45, 2.75) is 39.3 Å². The first-order valence-electron chi connectivity index (χ1n) is 4.77. The van der Waals surface area contributed by atoms with Gasteiger partial charge in [-0.2, -0.15) is 0 Å². The van der Waals surface area contributed by atoms with Gasteiger partial charge in [0.2, 0.25) is 5.90 Å². The fourth-order valence-corrected chi connectivity index (χ4v) is 1.44. The molecule has 1 saturated carbocycles. The van der Waals surface area contributed by atoms with E-state index in [1.165, 1.54) is 19.3 Å². The smallest absolute Gasteiger partial charge is 0.214 e. The van der Waals surface area contributed by atoms with Gasteiger partial charge in [0.1, 0.15) is 6.17 Å². The first kappa shape index (κ1) is 8.05. The van der Waals surface area contributed by atoms with Gasteiger partial charge in [0.25, 0.3) is 0 Å². The molecule has 0 spiro atoms. The Kier molecular flexibility index (Phi) is 2.05. The molecule has 1 fully saturated rings. The predicted octanol–water partition coefficient (Wildman–Crippen LogP) is 1.70. The van der Waals surface area contributed by atoms with E-state index in [9.17, 15) is 0 Å². The van der Waals surface area contributed by atoms with Gasteiger partial charge >= 0.3 is 0 Å². The van der Waals surface area contributed by atoms with Gasteiger partial charge in [0.15, 0.2) is 0 Å². The molecular weight excluding hydrogens is 152 g/mol. The predicted molar refractivity (Wildman–Crippen MR) is 47.6 cm³/mol. The van der Waals surface area contributed by atoms with Crippen LogP contribution in [0, 0.1) is 11.8 Å². The van der Waals surface area contributed by atoms with Gasteiger partial charge in [-0.3, -0.25) is 0 Å². The summed E-state index contributed by atoms with van der Waals surface area (Å²) in [6.07, 6.45) is 4.02. The third-order valence-electron chi connectivity index (χ3n) is 2.64. The Balaban J connectivity index is 1.95. The minimum absolute atomic E-state index is 0.181. The van der Waals surface area contributed by atoms with Crippen LogP contribution in [0.15, 0.2) is 4.99 Å². The molecule has 0 saturated heterocycles. The van der Waals surface area contributed by atoms with E-state index in [0.29, 0.717) is 11.8 Å². The summed E-state index contributed by atoms with van der Waals surface area (Å²) < 4.78 is 0. The lowest BCUT2D eigenvalue weighted by Gasteiger charge is -2.23. The van der Waals surface area contributed by atoms with Crippen molar-refractivity contribution in [2.24, 2.45) is 16.8 Å². The van der Waals surface area contributed by atoms with Crippen LogP contribution in [0.4, 0.5) is 0 Å². The van der Waals surface area contributed by atoms with Gasteiger partial charge in [-0.15, -0.1) is 5.48 Å². The van der Waals surface area contributed by atoms with Crippen LogP contribution in [0.2, 0.25) is 0 Å². The monoisotopic (exact) mass is 168 g/mol. The van der Waals surface area contributed by atoms with E-state index >= 15 is 0 Å². The molecule has 2 aliphatic rings. The molecule has 0 radical (unpaired) electrons. The molecule has 3 heteroatoms. The highest BCUT2D eigenvalue weighted by Gasteiger charge is 2.31. The molecule has 0 aromatic rings. The van der Waals surface area contributed by atoms with Gasteiger partial charge in [0.05, 0.1) is 0 Å². The third-order valence-corrected chi connectivity index (χ3v) is 2.64. The number of hydroxylamine groups is 1. The minimum Gasteiger partial charge on any atom is -0.391 e. The van der Waals surface area contributed by atoms with Gasteiger partial charge in [-0.05, 0) is 18.8 Å². The SMILES string of the molecule is CC(C)C1N=C(C2CCC2)ON1. The van der Waals surface area contributed by atoms with Crippen LogP contribution in [0.1, 0.15) is 33.1 Å². The second-order valence-corrected chi connectivity index (χ2v) is 4.00. The number of aliphatic imine (C=N–C) groups is 1. The number of hydrogen-bond donors (Lipinski definition) is 1. The van der Waals surface area contributed by atoms with Crippen molar-refractivity contribution >= 4 is 5.90 Å². The van der Waals surface area contributed by atoms with Gasteiger partial charge in [0, 0.05) is 5.92 Å². The summed E-state index contributed by atoms with van der Waals surface area (Å²) in [6.45, 7) is 4.29. The molecule has 1 heterocycles. The van der Waals surface area contributed by atoms with Crippen LogP contribution in [-0.4, -0.2) is 12.1 Å². The average molecular weight is 168 g/mol. The van der Waals surface area contributed by atoms with Crippen LogP contribution in [0.3, 0.4) is 0 Å². The highest BCUT2D eigenvalue weighted by molar-refractivity contribution is 5.80. The van der Waals surface area contributed by atoms with E-state index in [2.05, 4.69) is 24.3 Å². The zero-order chi connectivity index (χ0) is 8.55. The molecule has 68 valence electrons. The second kappa shape index (κ2) is 3.05. The summed E-state index contributed by atoms with van der Waals surface area (Å²) in [5.41, 5.74) is 2.95. The molecule has 12 heavy (non-hydrogen) atoms. The topological polar surface area (TPSA) is 33.6 Å². The summed E-state index contributed by atoms with van der Waals surface area (Å²) >= 11 is 0. The van der Waals surface area contributed by atoms with Crippen molar-refractivity contribution in [3.63, 3.8) is 0 Å². The number of nitrogens with zero attached hydrogens (tertiary/aromatic N) is 1. The molecule has 0 amide bonds. The van der Waals surface area contributed by atoms with Crippen molar-refractivity contribution < 1.29 is 4.84 Å². The van der Waals surface area contributed by atoms with Gasteiger partial charge < -0.3 is 4.84 Å². The minimum atomic E-state index is 0.181. The third kappa shape index (κ3) is 1.33.